The highest BCUT2D eigenvalue weighted by Gasteiger charge is 2.35. The molecule has 0 aromatic heterocycles. The number of rotatable bonds is 11. The van der Waals surface area contributed by atoms with Crippen molar-refractivity contribution in [1.82, 2.24) is 15.9 Å². The second-order valence-electron chi connectivity index (χ2n) is 8.97. The lowest BCUT2D eigenvalue weighted by atomic mass is 9.82. The number of nitrogens with two attached hydrogens (primary N) is 1. The predicted molar refractivity (Wildman–Crippen MR) is 132 cm³/mol. The van der Waals surface area contributed by atoms with Crippen molar-refractivity contribution in [3.8, 4) is 0 Å². The number of hydrogen-bond donors (Lipinski definition) is 4. The van der Waals surface area contributed by atoms with Crippen molar-refractivity contribution < 1.29 is 19.6 Å². The van der Waals surface area contributed by atoms with Crippen molar-refractivity contribution in [2.45, 2.75) is 53.5 Å². The number of halogens is 1. The Hall–Kier alpha value is -2.42. The Balaban J connectivity index is 0.0000102. The number of amides is 3. The number of hydrazine groups is 1. The molecule has 0 aliphatic carbocycles. The van der Waals surface area contributed by atoms with Crippen LogP contribution in [0.5, 0.6) is 0 Å². The van der Waals surface area contributed by atoms with E-state index in [1.807, 2.05) is 70.2 Å². The van der Waals surface area contributed by atoms with Crippen LogP contribution in [0.25, 0.3) is 6.08 Å². The van der Waals surface area contributed by atoms with Gasteiger partial charge in [-0.3, -0.25) is 30.0 Å². The molecule has 0 bridgehead atoms. The summed E-state index contributed by atoms with van der Waals surface area (Å²) < 4.78 is 0. The summed E-state index contributed by atoms with van der Waals surface area (Å²) in [6.07, 6.45) is 4.34. The summed E-state index contributed by atoms with van der Waals surface area (Å²) >= 11 is 0. The number of nitrogens with one attached hydrogen (secondary N) is 2. The van der Waals surface area contributed by atoms with Gasteiger partial charge in [0.15, 0.2) is 0 Å². The molecule has 9 heteroatoms. The Morgan fingerprint density at radius 2 is 1.61 bits per heavy atom. The van der Waals surface area contributed by atoms with Gasteiger partial charge < -0.3 is 5.73 Å². The molecule has 0 saturated heterocycles. The second kappa shape index (κ2) is 15.4. The van der Waals surface area contributed by atoms with Gasteiger partial charge in [-0.1, -0.05) is 70.2 Å². The van der Waals surface area contributed by atoms with E-state index in [2.05, 4.69) is 5.43 Å². The van der Waals surface area contributed by atoms with Gasteiger partial charge in [0.25, 0.3) is 5.91 Å². The molecule has 1 aromatic rings. The normalized spacial score (nSPS) is 13.8. The number of carbonyl (C=O) groups is 3. The molecule has 0 fully saturated rings. The van der Waals surface area contributed by atoms with Gasteiger partial charge in [-0.25, -0.2) is 5.48 Å². The van der Waals surface area contributed by atoms with Gasteiger partial charge in [0.2, 0.25) is 11.8 Å². The van der Waals surface area contributed by atoms with E-state index >= 15 is 0 Å². The first-order chi connectivity index (χ1) is 15.1. The van der Waals surface area contributed by atoms with Crippen molar-refractivity contribution in [3.63, 3.8) is 0 Å². The zero-order chi connectivity index (χ0) is 24.3. The van der Waals surface area contributed by atoms with Crippen LogP contribution in [0.2, 0.25) is 0 Å². The molecule has 0 spiro atoms. The maximum absolute atomic E-state index is 13.3. The Kier molecular flexibility index (Phi) is 14.3. The molecule has 186 valence electrons. The van der Waals surface area contributed by atoms with E-state index < -0.39 is 35.6 Å². The molecule has 1 aromatic carbocycles. The van der Waals surface area contributed by atoms with Gasteiger partial charge in [-0.15, -0.1) is 12.4 Å². The molecule has 33 heavy (non-hydrogen) atoms. The monoisotopic (exact) mass is 482 g/mol. The van der Waals surface area contributed by atoms with Crippen molar-refractivity contribution in [3.05, 3.63) is 42.0 Å². The molecular weight excluding hydrogens is 444 g/mol. The Bertz CT molecular complexity index is 769. The van der Waals surface area contributed by atoms with Gasteiger partial charge in [-0.2, -0.15) is 0 Å². The Morgan fingerprint density at radius 1 is 1.00 bits per heavy atom. The highest BCUT2D eigenvalue weighted by molar-refractivity contribution is 5.89. The van der Waals surface area contributed by atoms with Crippen LogP contribution in [0.1, 0.15) is 53.0 Å². The van der Waals surface area contributed by atoms with Crippen LogP contribution in [0, 0.1) is 23.7 Å². The number of allylic oxidation sites excluding steroid dienone is 1. The van der Waals surface area contributed by atoms with Gasteiger partial charge >= 0.3 is 0 Å². The summed E-state index contributed by atoms with van der Waals surface area (Å²) in [6.45, 7) is 9.61. The fourth-order valence-corrected chi connectivity index (χ4v) is 3.43. The average Bonchev–Trinajstić information content (AvgIpc) is 2.74. The van der Waals surface area contributed by atoms with Crippen LogP contribution in [-0.4, -0.2) is 40.5 Å². The zero-order valence-electron chi connectivity index (χ0n) is 20.2. The minimum absolute atomic E-state index is 0. The van der Waals surface area contributed by atoms with E-state index in [0.29, 0.717) is 13.0 Å². The molecule has 1 rings (SSSR count). The van der Waals surface area contributed by atoms with Crippen LogP contribution in [0.15, 0.2) is 36.4 Å². The van der Waals surface area contributed by atoms with E-state index in [1.165, 1.54) is 5.01 Å². The topological polar surface area (TPSA) is 125 Å². The summed E-state index contributed by atoms with van der Waals surface area (Å²) in [5, 5.41) is 10.5. The molecule has 3 atom stereocenters. The highest BCUT2D eigenvalue weighted by atomic mass is 35.5. The zero-order valence-corrected chi connectivity index (χ0v) is 21.0. The molecule has 3 amide bonds. The quantitative estimate of drug-likeness (QED) is 0.285. The molecule has 0 heterocycles. The van der Waals surface area contributed by atoms with E-state index in [4.69, 9.17) is 5.73 Å². The summed E-state index contributed by atoms with van der Waals surface area (Å²) in [5.74, 6) is -2.84. The molecule has 0 radical (unpaired) electrons. The van der Waals surface area contributed by atoms with Crippen LogP contribution >= 0.6 is 12.4 Å². The third-order valence-electron chi connectivity index (χ3n) is 4.94. The molecule has 0 aliphatic heterocycles. The summed E-state index contributed by atoms with van der Waals surface area (Å²) in [5.41, 5.74) is 11.1. The minimum atomic E-state index is -0.811. The van der Waals surface area contributed by atoms with Gasteiger partial charge in [-0.05, 0) is 37.2 Å². The third kappa shape index (κ3) is 10.8. The largest absolute Gasteiger partial charge is 0.320 e. The lowest BCUT2D eigenvalue weighted by molar-refractivity contribution is -0.148. The summed E-state index contributed by atoms with van der Waals surface area (Å²) in [7, 11) is 0. The second-order valence-corrected chi connectivity index (χ2v) is 8.97. The van der Waals surface area contributed by atoms with E-state index in [9.17, 15) is 19.6 Å². The number of carbonyl (C=O) groups excluding carboxylic acids is 3. The number of nitrogens with zero attached hydrogens (tertiary/aromatic N) is 1. The maximum Gasteiger partial charge on any atom is 0.257 e. The van der Waals surface area contributed by atoms with Gasteiger partial charge in [0.05, 0.1) is 17.9 Å². The first-order valence-corrected chi connectivity index (χ1v) is 11.1. The van der Waals surface area contributed by atoms with E-state index in [1.54, 1.807) is 12.4 Å². The lowest BCUT2D eigenvalue weighted by Crippen LogP contribution is -2.55. The molecule has 5 N–H and O–H groups in total. The number of benzene rings is 1. The van der Waals surface area contributed by atoms with Crippen molar-refractivity contribution >= 4 is 36.2 Å². The number of hydrogen-bond acceptors (Lipinski definition) is 5. The first-order valence-electron chi connectivity index (χ1n) is 11.1. The van der Waals surface area contributed by atoms with E-state index in [0.717, 1.165) is 5.56 Å². The predicted octanol–water partition coefficient (Wildman–Crippen LogP) is 3.16. The SMILES string of the molecule is CC(C)C[C@@H](C(=O)NN(CC(C)C)C(=O)[C@H](C)N)[C@H](C/C=C/c1ccccc1)C(=O)NO.Cl. The fourth-order valence-electron chi connectivity index (χ4n) is 3.43. The Morgan fingerprint density at radius 3 is 2.09 bits per heavy atom. The van der Waals surface area contributed by atoms with Crippen LogP contribution in [-0.2, 0) is 14.4 Å². The highest BCUT2D eigenvalue weighted by Crippen LogP contribution is 2.25. The third-order valence-corrected chi connectivity index (χ3v) is 4.94. The molecular formula is C24H39ClN4O4. The molecule has 8 nitrogen and oxygen atoms in total. The molecule has 0 aliphatic rings. The Labute approximate surface area is 203 Å². The summed E-state index contributed by atoms with van der Waals surface area (Å²) in [6, 6.07) is 8.81. The minimum Gasteiger partial charge on any atom is -0.320 e. The van der Waals surface area contributed by atoms with Crippen LogP contribution in [0.3, 0.4) is 0 Å². The molecule has 0 unspecified atom stereocenters. The molecule has 0 saturated carbocycles. The van der Waals surface area contributed by atoms with Crippen LogP contribution in [0.4, 0.5) is 0 Å². The summed E-state index contributed by atoms with van der Waals surface area (Å²) in [4.78, 5) is 38.3. The smallest absolute Gasteiger partial charge is 0.257 e. The number of hydroxylamine groups is 1. The lowest BCUT2D eigenvalue weighted by Gasteiger charge is -2.31. The fraction of sp³-hybridized carbons (Fsp3) is 0.542. The maximum atomic E-state index is 13.3. The van der Waals surface area contributed by atoms with Crippen molar-refractivity contribution in [1.29, 1.82) is 0 Å². The average molecular weight is 483 g/mol. The van der Waals surface area contributed by atoms with Crippen LogP contribution < -0.4 is 16.6 Å². The van der Waals surface area contributed by atoms with Gasteiger partial charge in [0, 0.05) is 6.54 Å². The van der Waals surface area contributed by atoms with Crippen molar-refractivity contribution in [2.75, 3.05) is 6.54 Å². The first kappa shape index (κ1) is 30.6. The van der Waals surface area contributed by atoms with Gasteiger partial charge in [0.1, 0.15) is 0 Å². The van der Waals surface area contributed by atoms with E-state index in [-0.39, 0.29) is 30.7 Å². The standard InChI is InChI=1S/C24H38N4O4.ClH/c1-16(2)14-21(22(29)26-28(15-17(3)4)24(31)18(5)25)20(23(30)27-32)13-9-12-19-10-7-6-8-11-19;/h6-12,16-18,20-21,32H,13-15,25H2,1-5H3,(H,26,29)(H,27,30);1H/b12-9+;/t18-,20-,21+;/m0./s1. The van der Waals surface area contributed by atoms with Crippen molar-refractivity contribution in [2.24, 2.45) is 29.4 Å².